The maximum Gasteiger partial charge on any atom is 0.393 e. The first-order valence-corrected chi connectivity index (χ1v) is 7.37. The Kier molecular flexibility index (Phi) is 3.86. The Labute approximate surface area is 108 Å². The summed E-state index contributed by atoms with van der Waals surface area (Å²) in [5.74, 6) is -1.62. The largest absolute Gasteiger partial charge is 0.393 e. The highest BCUT2D eigenvalue weighted by atomic mass is 32.2. The lowest BCUT2D eigenvalue weighted by atomic mass is 9.85. The van der Waals surface area contributed by atoms with Gasteiger partial charge in [-0.2, -0.15) is 18.3 Å². The van der Waals surface area contributed by atoms with E-state index >= 15 is 0 Å². The SMILES string of the molecule is O=S(=O)(NC1CCCCC1C(F)(F)F)c1cn[nH]c1. The zero-order valence-corrected chi connectivity index (χ0v) is 10.8. The number of H-pyrrole nitrogens is 1. The van der Waals surface area contributed by atoms with E-state index in [4.69, 9.17) is 0 Å². The van der Waals surface area contributed by atoms with E-state index in [-0.39, 0.29) is 17.7 Å². The molecule has 0 aromatic carbocycles. The van der Waals surface area contributed by atoms with Crippen LogP contribution in [-0.2, 0) is 10.0 Å². The fraction of sp³-hybridized carbons (Fsp3) is 0.700. The second-order valence-corrected chi connectivity index (χ2v) is 6.31. The maximum atomic E-state index is 12.9. The second kappa shape index (κ2) is 5.12. The van der Waals surface area contributed by atoms with E-state index in [0.29, 0.717) is 12.8 Å². The lowest BCUT2D eigenvalue weighted by Crippen LogP contribution is -2.47. The standard InChI is InChI=1S/C10H14F3N3O2S/c11-10(12,13)8-3-1-2-4-9(8)16-19(17,18)7-5-14-15-6-7/h5-6,8-9,16H,1-4H2,(H,14,15). The Hall–Kier alpha value is -1.09. The summed E-state index contributed by atoms with van der Waals surface area (Å²) in [4.78, 5) is -0.154. The summed E-state index contributed by atoms with van der Waals surface area (Å²) in [7, 11) is -3.95. The molecular formula is C10H14F3N3O2S. The molecule has 0 saturated heterocycles. The number of alkyl halides is 3. The van der Waals surface area contributed by atoms with Crippen molar-refractivity contribution in [3.63, 3.8) is 0 Å². The molecule has 0 aliphatic heterocycles. The summed E-state index contributed by atoms with van der Waals surface area (Å²) in [5.41, 5.74) is 0. The second-order valence-electron chi connectivity index (χ2n) is 4.59. The Morgan fingerprint density at radius 2 is 2.00 bits per heavy atom. The number of hydrogen-bond acceptors (Lipinski definition) is 3. The molecule has 1 aromatic rings. The minimum Gasteiger partial charge on any atom is -0.284 e. The number of rotatable bonds is 3. The summed E-state index contributed by atoms with van der Waals surface area (Å²) in [6.45, 7) is 0. The molecule has 1 aliphatic carbocycles. The normalized spacial score (nSPS) is 25.4. The van der Waals surface area contributed by atoms with Crippen LogP contribution in [0.2, 0.25) is 0 Å². The van der Waals surface area contributed by atoms with Gasteiger partial charge in [0.2, 0.25) is 10.0 Å². The molecule has 0 radical (unpaired) electrons. The van der Waals surface area contributed by atoms with Crippen LogP contribution in [0.3, 0.4) is 0 Å². The fourth-order valence-corrected chi connectivity index (χ4v) is 3.53. The molecule has 2 atom stereocenters. The fourth-order valence-electron chi connectivity index (χ4n) is 2.32. The Bertz CT molecular complexity index is 513. The molecule has 5 nitrogen and oxygen atoms in total. The third kappa shape index (κ3) is 3.27. The van der Waals surface area contributed by atoms with Crippen LogP contribution in [-0.4, -0.2) is 30.8 Å². The number of aromatic amines is 1. The van der Waals surface area contributed by atoms with E-state index in [0.717, 1.165) is 12.4 Å². The lowest BCUT2D eigenvalue weighted by Gasteiger charge is -2.33. The number of aromatic nitrogens is 2. The van der Waals surface area contributed by atoms with Crippen LogP contribution in [0, 0.1) is 5.92 Å². The highest BCUT2D eigenvalue weighted by Crippen LogP contribution is 2.38. The van der Waals surface area contributed by atoms with Gasteiger partial charge in [0, 0.05) is 12.2 Å². The summed E-state index contributed by atoms with van der Waals surface area (Å²) in [6.07, 6.45) is -0.978. The summed E-state index contributed by atoms with van der Waals surface area (Å²) in [6, 6.07) is -1.10. The first-order chi connectivity index (χ1) is 8.81. The summed E-state index contributed by atoms with van der Waals surface area (Å²) in [5, 5.41) is 5.81. The molecule has 108 valence electrons. The molecule has 1 fully saturated rings. The Balaban J connectivity index is 2.17. The van der Waals surface area contributed by atoms with E-state index in [1.165, 1.54) is 0 Å². The van der Waals surface area contributed by atoms with Gasteiger partial charge < -0.3 is 0 Å². The van der Waals surface area contributed by atoms with Gasteiger partial charge in [-0.25, -0.2) is 13.1 Å². The lowest BCUT2D eigenvalue weighted by molar-refractivity contribution is -0.187. The molecular weight excluding hydrogens is 283 g/mol. The van der Waals surface area contributed by atoms with Crippen molar-refractivity contribution in [1.82, 2.24) is 14.9 Å². The van der Waals surface area contributed by atoms with E-state index in [1.54, 1.807) is 0 Å². The molecule has 2 unspecified atom stereocenters. The summed E-state index contributed by atoms with van der Waals surface area (Å²) < 4.78 is 64.5. The van der Waals surface area contributed by atoms with Crippen LogP contribution in [0.15, 0.2) is 17.3 Å². The van der Waals surface area contributed by atoms with Crippen molar-refractivity contribution in [2.24, 2.45) is 5.92 Å². The first-order valence-electron chi connectivity index (χ1n) is 5.88. The van der Waals surface area contributed by atoms with Crippen LogP contribution < -0.4 is 4.72 Å². The van der Waals surface area contributed by atoms with E-state index in [9.17, 15) is 21.6 Å². The topological polar surface area (TPSA) is 74.8 Å². The van der Waals surface area contributed by atoms with Crippen molar-refractivity contribution in [2.75, 3.05) is 0 Å². The quantitative estimate of drug-likeness (QED) is 0.893. The maximum absolute atomic E-state index is 12.9. The monoisotopic (exact) mass is 297 g/mol. The van der Waals surface area contributed by atoms with Gasteiger partial charge >= 0.3 is 6.18 Å². The van der Waals surface area contributed by atoms with Gasteiger partial charge in [0.1, 0.15) is 4.90 Å². The third-order valence-corrected chi connectivity index (χ3v) is 4.73. The number of sulfonamides is 1. The highest BCUT2D eigenvalue weighted by Gasteiger charge is 2.46. The predicted octanol–water partition coefficient (Wildman–Crippen LogP) is 1.81. The molecule has 19 heavy (non-hydrogen) atoms. The van der Waals surface area contributed by atoms with Gasteiger partial charge in [-0.05, 0) is 12.8 Å². The summed E-state index contributed by atoms with van der Waals surface area (Å²) >= 11 is 0. The van der Waals surface area contributed by atoms with E-state index < -0.39 is 28.2 Å². The molecule has 9 heteroatoms. The van der Waals surface area contributed by atoms with Gasteiger partial charge in [-0.1, -0.05) is 12.8 Å². The molecule has 1 aliphatic rings. The zero-order valence-electron chi connectivity index (χ0n) is 9.94. The van der Waals surface area contributed by atoms with Gasteiger partial charge in [-0.15, -0.1) is 0 Å². The van der Waals surface area contributed by atoms with Crippen LogP contribution in [0.4, 0.5) is 13.2 Å². The van der Waals surface area contributed by atoms with Crippen molar-refractivity contribution < 1.29 is 21.6 Å². The molecule has 2 N–H and O–H groups in total. The zero-order chi connectivity index (χ0) is 14.1. The van der Waals surface area contributed by atoms with Gasteiger partial charge in [0.15, 0.2) is 0 Å². The van der Waals surface area contributed by atoms with Gasteiger partial charge in [0.05, 0.1) is 12.1 Å². The number of nitrogens with one attached hydrogen (secondary N) is 2. The Morgan fingerprint density at radius 3 is 2.58 bits per heavy atom. The minimum atomic E-state index is -4.38. The first kappa shape index (κ1) is 14.3. The van der Waals surface area contributed by atoms with E-state index in [1.807, 2.05) is 0 Å². The minimum absolute atomic E-state index is 0.0396. The average molecular weight is 297 g/mol. The van der Waals surface area contributed by atoms with Crippen LogP contribution >= 0.6 is 0 Å². The molecule has 0 spiro atoms. The highest BCUT2D eigenvalue weighted by molar-refractivity contribution is 7.89. The molecule has 1 aromatic heterocycles. The van der Waals surface area contributed by atoms with Crippen molar-refractivity contribution in [3.05, 3.63) is 12.4 Å². The van der Waals surface area contributed by atoms with Gasteiger partial charge in [-0.3, -0.25) is 5.10 Å². The van der Waals surface area contributed by atoms with Crippen molar-refractivity contribution >= 4 is 10.0 Å². The number of hydrogen-bond donors (Lipinski definition) is 2. The van der Waals surface area contributed by atoms with Crippen molar-refractivity contribution in [2.45, 2.75) is 42.8 Å². The van der Waals surface area contributed by atoms with Crippen LogP contribution in [0.5, 0.6) is 0 Å². The molecule has 2 rings (SSSR count). The average Bonchev–Trinajstić information content (AvgIpc) is 2.81. The molecule has 0 amide bonds. The van der Waals surface area contributed by atoms with Gasteiger partial charge in [0.25, 0.3) is 0 Å². The Morgan fingerprint density at radius 1 is 1.32 bits per heavy atom. The number of halogens is 3. The van der Waals surface area contributed by atoms with E-state index in [2.05, 4.69) is 14.9 Å². The predicted molar refractivity (Wildman–Crippen MR) is 60.7 cm³/mol. The van der Waals surface area contributed by atoms with Crippen molar-refractivity contribution in [1.29, 1.82) is 0 Å². The number of nitrogens with zero attached hydrogens (tertiary/aromatic N) is 1. The van der Waals surface area contributed by atoms with Crippen LogP contribution in [0.25, 0.3) is 0 Å². The molecule has 1 heterocycles. The van der Waals surface area contributed by atoms with Crippen molar-refractivity contribution in [3.8, 4) is 0 Å². The smallest absolute Gasteiger partial charge is 0.284 e. The third-order valence-electron chi connectivity index (χ3n) is 3.28. The molecule has 0 bridgehead atoms. The van der Waals surface area contributed by atoms with Crippen LogP contribution in [0.1, 0.15) is 25.7 Å². The molecule has 1 saturated carbocycles.